The first-order valence-corrected chi connectivity index (χ1v) is 14.7. The molecular weight excluding hydrogens is 543 g/mol. The summed E-state index contributed by atoms with van der Waals surface area (Å²) in [5.41, 5.74) is 2.12. The van der Waals surface area contributed by atoms with Crippen molar-refractivity contribution in [2.75, 3.05) is 49.5 Å². The normalized spacial score (nSPS) is 15.3. The number of nitrogens with one attached hydrogen (secondary N) is 1. The highest BCUT2D eigenvalue weighted by molar-refractivity contribution is 7.22. The molecule has 0 spiro atoms. The van der Waals surface area contributed by atoms with Crippen molar-refractivity contribution in [2.45, 2.75) is 26.7 Å². The van der Waals surface area contributed by atoms with Crippen LogP contribution in [-0.4, -0.2) is 80.8 Å². The van der Waals surface area contributed by atoms with Gasteiger partial charge in [0.1, 0.15) is 11.5 Å². The third-order valence-electron chi connectivity index (χ3n) is 7.48. The minimum absolute atomic E-state index is 0.120. The second kappa shape index (κ2) is 11.4. The summed E-state index contributed by atoms with van der Waals surface area (Å²) in [6.45, 7) is 8.04. The zero-order valence-corrected chi connectivity index (χ0v) is 23.8. The predicted molar refractivity (Wildman–Crippen MR) is 157 cm³/mol. The molecule has 2 fully saturated rings. The minimum Gasteiger partial charge on any atom is -0.349 e. The SMILES string of the molecule is CCN(CC)c1nc2ccc(-c3nc(Nc4ccc(C(=O)N5CCN(C(=O)C6CC6)CC5)cn4)ncc3F)cc2s1. The number of pyridine rings is 1. The van der Waals surface area contributed by atoms with E-state index in [1.807, 2.05) is 23.1 Å². The Morgan fingerprint density at radius 3 is 2.44 bits per heavy atom. The number of carbonyl (C=O) groups is 2. The topological polar surface area (TPSA) is 107 Å². The van der Waals surface area contributed by atoms with Gasteiger partial charge in [0, 0.05) is 56.9 Å². The maximum absolute atomic E-state index is 14.8. The second-order valence-corrected chi connectivity index (χ2v) is 11.2. The van der Waals surface area contributed by atoms with E-state index in [4.69, 9.17) is 4.98 Å². The van der Waals surface area contributed by atoms with Gasteiger partial charge in [-0.25, -0.2) is 24.3 Å². The molecule has 0 bridgehead atoms. The van der Waals surface area contributed by atoms with E-state index in [1.165, 1.54) is 6.20 Å². The van der Waals surface area contributed by atoms with Crippen LogP contribution in [0.1, 0.15) is 37.0 Å². The Bertz CT molecular complexity index is 1580. The number of aromatic nitrogens is 4. The van der Waals surface area contributed by atoms with E-state index < -0.39 is 5.82 Å². The van der Waals surface area contributed by atoms with Crippen LogP contribution in [0, 0.1) is 11.7 Å². The first kappa shape index (κ1) is 27.0. The Morgan fingerprint density at radius 2 is 1.76 bits per heavy atom. The number of fused-ring (bicyclic) bond motifs is 1. The van der Waals surface area contributed by atoms with Crippen LogP contribution in [0.3, 0.4) is 0 Å². The maximum atomic E-state index is 14.8. The minimum atomic E-state index is -0.531. The van der Waals surface area contributed by atoms with Crippen molar-refractivity contribution < 1.29 is 14.0 Å². The van der Waals surface area contributed by atoms with Gasteiger partial charge in [0.2, 0.25) is 11.9 Å². The Morgan fingerprint density at radius 1 is 1.00 bits per heavy atom. The highest BCUT2D eigenvalue weighted by atomic mass is 32.1. The molecule has 6 rings (SSSR count). The Balaban J connectivity index is 1.13. The van der Waals surface area contributed by atoms with Gasteiger partial charge in [0.05, 0.1) is 22.0 Å². The lowest BCUT2D eigenvalue weighted by Gasteiger charge is -2.34. The van der Waals surface area contributed by atoms with Gasteiger partial charge >= 0.3 is 0 Å². The molecule has 4 aromatic rings. The van der Waals surface area contributed by atoms with E-state index in [2.05, 4.69) is 39.0 Å². The average molecular weight is 575 g/mol. The lowest BCUT2D eigenvalue weighted by atomic mass is 10.1. The highest BCUT2D eigenvalue weighted by Gasteiger charge is 2.35. The monoisotopic (exact) mass is 574 g/mol. The first-order valence-electron chi connectivity index (χ1n) is 13.9. The summed E-state index contributed by atoms with van der Waals surface area (Å²) in [4.78, 5) is 48.6. The summed E-state index contributed by atoms with van der Waals surface area (Å²) >= 11 is 1.57. The van der Waals surface area contributed by atoms with Gasteiger partial charge in [-0.1, -0.05) is 17.4 Å². The number of hydrogen-bond donors (Lipinski definition) is 1. The molecule has 0 radical (unpaired) electrons. The smallest absolute Gasteiger partial charge is 0.255 e. The fraction of sp³-hybridized carbons (Fsp3) is 0.379. The standard InChI is InChI=1S/C29H31FN8O2S/c1-3-36(4-2)29-33-22-9-7-19(15-23(22)41-29)25-21(30)17-32-28(35-25)34-24-10-8-20(16-31-24)27(40)38-13-11-37(12-14-38)26(39)18-5-6-18/h7-10,15-18H,3-6,11-14H2,1-2H3,(H,31,32,34,35). The molecule has 1 aromatic carbocycles. The molecule has 1 N–H and O–H groups in total. The number of halogens is 1. The summed E-state index contributed by atoms with van der Waals surface area (Å²) in [7, 11) is 0. The Kier molecular flexibility index (Phi) is 7.48. The maximum Gasteiger partial charge on any atom is 0.255 e. The summed E-state index contributed by atoms with van der Waals surface area (Å²) in [6, 6.07) is 8.95. The molecule has 1 saturated heterocycles. The molecule has 212 valence electrons. The van der Waals surface area contributed by atoms with E-state index in [1.54, 1.807) is 28.4 Å². The van der Waals surface area contributed by atoms with Crippen molar-refractivity contribution in [3.63, 3.8) is 0 Å². The third kappa shape index (κ3) is 5.69. The van der Waals surface area contributed by atoms with Crippen molar-refractivity contribution in [3.05, 3.63) is 54.1 Å². The van der Waals surface area contributed by atoms with E-state index in [0.717, 1.165) is 47.5 Å². The summed E-state index contributed by atoms with van der Waals surface area (Å²) in [5.74, 6) is 0.379. The quantitative estimate of drug-likeness (QED) is 0.326. The average Bonchev–Trinajstić information content (AvgIpc) is 3.77. The lowest BCUT2D eigenvalue weighted by molar-refractivity contribution is -0.134. The molecule has 4 heterocycles. The van der Waals surface area contributed by atoms with Crippen LogP contribution in [0.5, 0.6) is 0 Å². The summed E-state index contributed by atoms with van der Waals surface area (Å²) in [5, 5.41) is 3.94. The van der Waals surface area contributed by atoms with Crippen LogP contribution < -0.4 is 10.2 Å². The number of amides is 2. The number of hydrogen-bond acceptors (Lipinski definition) is 9. The zero-order valence-electron chi connectivity index (χ0n) is 23.0. The van der Waals surface area contributed by atoms with Gasteiger partial charge in [0.15, 0.2) is 10.9 Å². The molecule has 2 amide bonds. The first-order chi connectivity index (χ1) is 19.9. The van der Waals surface area contributed by atoms with Gasteiger partial charge in [-0.05, 0) is 51.0 Å². The molecule has 41 heavy (non-hydrogen) atoms. The van der Waals surface area contributed by atoms with Gasteiger partial charge in [-0.2, -0.15) is 0 Å². The molecule has 12 heteroatoms. The number of carbonyl (C=O) groups excluding carboxylic acids is 2. The van der Waals surface area contributed by atoms with Crippen molar-refractivity contribution in [1.82, 2.24) is 29.7 Å². The van der Waals surface area contributed by atoms with E-state index in [9.17, 15) is 14.0 Å². The van der Waals surface area contributed by atoms with Gasteiger partial charge in [-0.15, -0.1) is 0 Å². The Labute approximate surface area is 241 Å². The molecular formula is C29H31FN8O2S. The Hall–Kier alpha value is -4.19. The molecule has 3 aromatic heterocycles. The fourth-order valence-corrected chi connectivity index (χ4v) is 6.06. The van der Waals surface area contributed by atoms with Crippen molar-refractivity contribution in [2.24, 2.45) is 5.92 Å². The van der Waals surface area contributed by atoms with E-state index >= 15 is 0 Å². The number of rotatable bonds is 8. The lowest BCUT2D eigenvalue weighted by Crippen LogP contribution is -2.51. The van der Waals surface area contributed by atoms with Crippen molar-refractivity contribution in [1.29, 1.82) is 0 Å². The largest absolute Gasteiger partial charge is 0.349 e. The summed E-state index contributed by atoms with van der Waals surface area (Å²) < 4.78 is 15.8. The van der Waals surface area contributed by atoms with E-state index in [0.29, 0.717) is 43.1 Å². The molecule has 1 aliphatic heterocycles. The number of anilines is 3. The van der Waals surface area contributed by atoms with E-state index in [-0.39, 0.29) is 29.4 Å². The highest BCUT2D eigenvalue weighted by Crippen LogP contribution is 2.33. The summed E-state index contributed by atoms with van der Waals surface area (Å²) in [6.07, 6.45) is 4.60. The predicted octanol–water partition coefficient (Wildman–Crippen LogP) is 4.57. The number of benzene rings is 1. The van der Waals surface area contributed by atoms with Crippen molar-refractivity contribution in [3.8, 4) is 11.3 Å². The molecule has 2 aliphatic rings. The fourth-order valence-electron chi connectivity index (χ4n) is 4.93. The number of thiazole rings is 1. The van der Waals surface area contributed by atoms with Gasteiger partial charge in [-0.3, -0.25) is 9.59 Å². The van der Waals surface area contributed by atoms with Crippen LogP contribution in [0.4, 0.5) is 21.3 Å². The molecule has 0 unspecified atom stereocenters. The van der Waals surface area contributed by atoms with Gasteiger partial charge in [0.25, 0.3) is 5.91 Å². The van der Waals surface area contributed by atoms with Crippen LogP contribution in [0.25, 0.3) is 21.5 Å². The van der Waals surface area contributed by atoms with Crippen LogP contribution in [0.2, 0.25) is 0 Å². The van der Waals surface area contributed by atoms with Crippen LogP contribution in [-0.2, 0) is 4.79 Å². The van der Waals surface area contributed by atoms with Gasteiger partial charge < -0.3 is 20.0 Å². The number of nitrogens with zero attached hydrogens (tertiary/aromatic N) is 7. The molecule has 1 saturated carbocycles. The molecule has 10 nitrogen and oxygen atoms in total. The third-order valence-corrected chi connectivity index (χ3v) is 8.56. The number of piperazine rings is 1. The molecule has 1 aliphatic carbocycles. The van der Waals surface area contributed by atoms with Crippen LogP contribution >= 0.6 is 11.3 Å². The molecule has 0 atom stereocenters. The van der Waals surface area contributed by atoms with Crippen LogP contribution in [0.15, 0.2) is 42.7 Å². The second-order valence-electron chi connectivity index (χ2n) is 10.2. The zero-order chi connectivity index (χ0) is 28.5. The van der Waals surface area contributed by atoms with Crippen molar-refractivity contribution >= 4 is 50.3 Å².